The highest BCUT2D eigenvalue weighted by atomic mass is 32.2. The summed E-state index contributed by atoms with van der Waals surface area (Å²) in [6, 6.07) is 12.4. The summed E-state index contributed by atoms with van der Waals surface area (Å²) in [7, 11) is -3.77. The van der Waals surface area contributed by atoms with Gasteiger partial charge in [0.2, 0.25) is 0 Å². The smallest absolute Gasteiger partial charge is 0.264 e. The van der Waals surface area contributed by atoms with E-state index in [1.807, 2.05) is 42.3 Å². The van der Waals surface area contributed by atoms with Crippen molar-refractivity contribution in [1.29, 1.82) is 0 Å². The van der Waals surface area contributed by atoms with Crippen LogP contribution in [0.4, 0.5) is 5.69 Å². The molecule has 0 aromatic heterocycles. The van der Waals surface area contributed by atoms with E-state index in [1.54, 1.807) is 18.2 Å². The van der Waals surface area contributed by atoms with Crippen LogP contribution in [0.25, 0.3) is 0 Å². The molecule has 2 aliphatic rings. The Labute approximate surface area is 183 Å². The van der Waals surface area contributed by atoms with E-state index in [0.717, 1.165) is 42.1 Å². The lowest BCUT2D eigenvalue weighted by Gasteiger charge is -2.31. The number of carbonyl (C=O) groups excluding carboxylic acids is 1. The first-order valence-corrected chi connectivity index (χ1v) is 13.1. The third kappa shape index (κ3) is 3.73. The second kappa shape index (κ2) is 8.27. The molecule has 2 heterocycles. The molecule has 0 spiro atoms. The molecule has 2 aromatic rings. The Bertz CT molecular complexity index is 1060. The van der Waals surface area contributed by atoms with Gasteiger partial charge < -0.3 is 4.90 Å². The maximum Gasteiger partial charge on any atom is 0.264 e. The first kappa shape index (κ1) is 21.2. The number of carbonyl (C=O) groups is 1. The van der Waals surface area contributed by atoms with Crippen LogP contribution >= 0.6 is 11.8 Å². The van der Waals surface area contributed by atoms with Crippen molar-refractivity contribution in [3.05, 3.63) is 53.6 Å². The molecule has 0 unspecified atom stereocenters. The minimum absolute atomic E-state index is 0.0711. The summed E-state index contributed by atoms with van der Waals surface area (Å²) in [6.07, 6.45) is 4.58. The molecule has 2 aromatic carbocycles. The molecule has 1 fully saturated rings. The number of thioether (sulfide) groups is 1. The second-order valence-electron chi connectivity index (χ2n) is 8.32. The zero-order valence-corrected chi connectivity index (χ0v) is 19.3. The third-order valence-electron chi connectivity index (χ3n) is 6.17. The largest absolute Gasteiger partial charge is 0.339 e. The van der Waals surface area contributed by atoms with Crippen molar-refractivity contribution < 1.29 is 13.2 Å². The van der Waals surface area contributed by atoms with Crippen LogP contribution in [0, 0.1) is 5.92 Å². The summed E-state index contributed by atoms with van der Waals surface area (Å²) < 4.78 is 28.7. The van der Waals surface area contributed by atoms with Gasteiger partial charge in [0.15, 0.2) is 0 Å². The minimum atomic E-state index is -3.77. The molecule has 1 saturated heterocycles. The van der Waals surface area contributed by atoms with Gasteiger partial charge in [-0.3, -0.25) is 9.10 Å². The maximum absolute atomic E-state index is 13.6. The van der Waals surface area contributed by atoms with Crippen molar-refractivity contribution in [1.82, 2.24) is 4.90 Å². The SMILES string of the molecule is CSc1ccc(S(=O)(=O)N2c3ccccc3C[C@@H]2C)cc1C(=O)N1CCC(C)CC1. The number of benzene rings is 2. The first-order valence-electron chi connectivity index (χ1n) is 10.4. The van der Waals surface area contributed by atoms with Crippen LogP contribution in [0.1, 0.15) is 42.6 Å². The van der Waals surface area contributed by atoms with Crippen LogP contribution in [-0.2, 0) is 16.4 Å². The number of rotatable bonds is 4. The quantitative estimate of drug-likeness (QED) is 0.655. The molecule has 30 heavy (non-hydrogen) atoms. The Kier molecular flexibility index (Phi) is 5.86. The number of nitrogens with zero attached hydrogens (tertiary/aromatic N) is 2. The Morgan fingerprint density at radius 1 is 1.07 bits per heavy atom. The van der Waals surface area contributed by atoms with E-state index in [9.17, 15) is 13.2 Å². The van der Waals surface area contributed by atoms with E-state index in [4.69, 9.17) is 0 Å². The molecule has 0 bridgehead atoms. The molecule has 2 aliphatic heterocycles. The summed E-state index contributed by atoms with van der Waals surface area (Å²) in [6.45, 7) is 5.58. The fourth-order valence-electron chi connectivity index (χ4n) is 4.41. The highest BCUT2D eigenvalue weighted by Crippen LogP contribution is 2.37. The van der Waals surface area contributed by atoms with Crippen LogP contribution in [0.2, 0.25) is 0 Å². The van der Waals surface area contributed by atoms with E-state index in [-0.39, 0.29) is 16.8 Å². The number of likely N-dealkylation sites (tertiary alicyclic amines) is 1. The van der Waals surface area contributed by atoms with Crippen molar-refractivity contribution in [2.24, 2.45) is 5.92 Å². The topological polar surface area (TPSA) is 57.7 Å². The van der Waals surface area contributed by atoms with Crippen molar-refractivity contribution in [2.75, 3.05) is 23.7 Å². The standard InChI is InChI=1S/C23H28N2O3S2/c1-16-10-12-24(13-11-16)23(26)20-15-19(8-9-22(20)29-3)30(27,28)25-17(2)14-18-6-4-5-7-21(18)25/h4-9,15-17H,10-14H2,1-3H3/t17-/m0/s1. The molecular formula is C23H28N2O3S2. The molecule has 1 amide bonds. The molecule has 160 valence electrons. The van der Waals surface area contributed by atoms with Gasteiger partial charge in [-0.25, -0.2) is 8.42 Å². The number of piperidine rings is 1. The summed E-state index contributed by atoms with van der Waals surface area (Å²) in [5, 5.41) is 0. The van der Waals surface area contributed by atoms with Crippen molar-refractivity contribution in [3.8, 4) is 0 Å². The molecular weight excluding hydrogens is 416 g/mol. The van der Waals surface area contributed by atoms with E-state index >= 15 is 0 Å². The highest BCUT2D eigenvalue weighted by molar-refractivity contribution is 7.98. The van der Waals surface area contributed by atoms with Gasteiger partial charge in [0.25, 0.3) is 15.9 Å². The third-order valence-corrected chi connectivity index (χ3v) is 8.89. The van der Waals surface area contributed by atoms with Crippen LogP contribution in [0.3, 0.4) is 0 Å². The van der Waals surface area contributed by atoms with Gasteiger partial charge in [-0.05, 0) is 68.2 Å². The molecule has 1 atom stereocenters. The van der Waals surface area contributed by atoms with Gasteiger partial charge >= 0.3 is 0 Å². The summed E-state index contributed by atoms with van der Waals surface area (Å²) in [5.74, 6) is 0.552. The molecule has 5 nitrogen and oxygen atoms in total. The molecule has 0 aliphatic carbocycles. The van der Waals surface area contributed by atoms with Crippen LogP contribution in [0.5, 0.6) is 0 Å². The molecule has 0 N–H and O–H groups in total. The van der Waals surface area contributed by atoms with Crippen molar-refractivity contribution >= 4 is 33.4 Å². The Balaban J connectivity index is 1.71. The number of anilines is 1. The lowest BCUT2D eigenvalue weighted by atomic mass is 9.98. The van der Waals surface area contributed by atoms with Crippen molar-refractivity contribution in [2.45, 2.75) is 48.9 Å². The van der Waals surface area contributed by atoms with Gasteiger partial charge in [-0.15, -0.1) is 11.8 Å². The van der Waals surface area contributed by atoms with Crippen molar-refractivity contribution in [3.63, 3.8) is 0 Å². The number of amides is 1. The predicted octanol–water partition coefficient (Wildman–Crippen LogP) is 4.42. The molecule has 7 heteroatoms. The maximum atomic E-state index is 13.6. The zero-order valence-electron chi connectivity index (χ0n) is 17.7. The van der Waals surface area contributed by atoms with Crippen LogP contribution in [-0.4, -0.2) is 44.6 Å². The first-order chi connectivity index (χ1) is 14.3. The number of hydrogen-bond acceptors (Lipinski definition) is 4. The number of fused-ring (bicyclic) bond motifs is 1. The fourth-order valence-corrected chi connectivity index (χ4v) is 6.70. The minimum Gasteiger partial charge on any atom is -0.339 e. The second-order valence-corrected chi connectivity index (χ2v) is 11.0. The van der Waals surface area contributed by atoms with E-state index < -0.39 is 10.0 Å². The van der Waals surface area contributed by atoms with Crippen LogP contribution < -0.4 is 4.31 Å². The lowest BCUT2D eigenvalue weighted by molar-refractivity contribution is 0.0693. The number of sulfonamides is 1. The van der Waals surface area contributed by atoms with Gasteiger partial charge in [-0.2, -0.15) is 0 Å². The lowest BCUT2D eigenvalue weighted by Crippen LogP contribution is -2.38. The Morgan fingerprint density at radius 2 is 1.77 bits per heavy atom. The predicted molar refractivity (Wildman–Crippen MR) is 122 cm³/mol. The Hall–Kier alpha value is -1.99. The number of hydrogen-bond donors (Lipinski definition) is 0. The average molecular weight is 445 g/mol. The number of para-hydroxylation sites is 1. The van der Waals surface area contributed by atoms with E-state index in [2.05, 4.69) is 6.92 Å². The summed E-state index contributed by atoms with van der Waals surface area (Å²) in [5.41, 5.74) is 2.25. The zero-order chi connectivity index (χ0) is 21.5. The average Bonchev–Trinajstić information content (AvgIpc) is 3.09. The Morgan fingerprint density at radius 3 is 2.47 bits per heavy atom. The van der Waals surface area contributed by atoms with Gasteiger partial charge in [0.05, 0.1) is 16.1 Å². The fraction of sp³-hybridized carbons (Fsp3) is 0.435. The summed E-state index contributed by atoms with van der Waals surface area (Å²) >= 11 is 1.47. The van der Waals surface area contributed by atoms with Gasteiger partial charge in [0, 0.05) is 24.0 Å². The highest BCUT2D eigenvalue weighted by Gasteiger charge is 2.36. The van der Waals surface area contributed by atoms with Gasteiger partial charge in [0.1, 0.15) is 0 Å². The summed E-state index contributed by atoms with van der Waals surface area (Å²) in [4.78, 5) is 16.1. The van der Waals surface area contributed by atoms with Crippen LogP contribution in [0.15, 0.2) is 52.3 Å². The molecule has 0 saturated carbocycles. The van der Waals surface area contributed by atoms with E-state index in [1.165, 1.54) is 16.1 Å². The molecule has 0 radical (unpaired) electrons. The monoisotopic (exact) mass is 444 g/mol. The molecule has 4 rings (SSSR count). The van der Waals surface area contributed by atoms with E-state index in [0.29, 0.717) is 17.9 Å². The normalized spacial score (nSPS) is 19.8. The van der Waals surface area contributed by atoms with Gasteiger partial charge in [-0.1, -0.05) is 25.1 Å².